The summed E-state index contributed by atoms with van der Waals surface area (Å²) in [6.07, 6.45) is -34.7. The minimum atomic E-state index is -2.13. The predicted molar refractivity (Wildman–Crippen MR) is 261 cm³/mol. The molecule has 31 atom stereocenters. The number of fused-ring (bicyclic) bond motifs is 7. The Morgan fingerprint density at radius 2 is 1.14 bits per heavy atom. The number of aliphatic hydroxyl groups excluding tert-OH is 15. The summed E-state index contributed by atoms with van der Waals surface area (Å²) < 4.78 is 48.4. The van der Waals surface area contributed by atoms with Gasteiger partial charge < -0.3 is 120 Å². The third-order valence-electron chi connectivity index (χ3n) is 21.5. The first kappa shape index (κ1) is 60.9. The van der Waals surface area contributed by atoms with E-state index in [1.165, 1.54) is 6.92 Å². The second kappa shape index (κ2) is 21.4. The topological polar surface area (TPSA) is 415 Å². The molecule has 0 radical (unpaired) electrons. The smallest absolute Gasteiger partial charge is 0.335 e. The summed E-state index contributed by atoms with van der Waals surface area (Å²) in [5.41, 5.74) is -5.03. The summed E-state index contributed by atoms with van der Waals surface area (Å²) in [4.78, 5) is 12.8. The van der Waals surface area contributed by atoms with Gasteiger partial charge in [-0.3, -0.25) is 0 Å². The zero-order valence-electron chi connectivity index (χ0n) is 45.4. The van der Waals surface area contributed by atoms with Crippen LogP contribution in [-0.4, -0.2) is 255 Å². The van der Waals surface area contributed by atoms with Gasteiger partial charge in [0.1, 0.15) is 79.4 Å². The number of hydrogen-bond donors (Lipinski definition) is 16. The highest BCUT2D eigenvalue weighted by molar-refractivity contribution is 5.73. The van der Waals surface area contributed by atoms with Gasteiger partial charge in [-0.1, -0.05) is 60.1 Å². The average Bonchev–Trinajstić information content (AvgIpc) is 3.83. The molecule has 9 aliphatic rings. The number of rotatable bonds is 12. The maximum atomic E-state index is 12.8. The van der Waals surface area contributed by atoms with Crippen LogP contribution in [0.3, 0.4) is 0 Å². The van der Waals surface area contributed by atoms with Crippen LogP contribution in [0.25, 0.3) is 0 Å². The molecule has 9 rings (SSSR count). The van der Waals surface area contributed by atoms with Crippen LogP contribution in [0.15, 0.2) is 11.6 Å². The molecular weight excluding hydrogens is 1040 g/mol. The van der Waals surface area contributed by atoms with Crippen LogP contribution in [0.4, 0.5) is 0 Å². The van der Waals surface area contributed by atoms with E-state index < -0.39 is 211 Å². The van der Waals surface area contributed by atoms with Crippen LogP contribution in [0, 0.1) is 50.2 Å². The van der Waals surface area contributed by atoms with Crippen LogP contribution in [0.5, 0.6) is 0 Å². The van der Waals surface area contributed by atoms with E-state index in [2.05, 4.69) is 19.9 Å². The fourth-order valence-corrected chi connectivity index (χ4v) is 16.8. The average molecular weight is 1120 g/mol. The van der Waals surface area contributed by atoms with Gasteiger partial charge in [0, 0.05) is 5.41 Å². The van der Waals surface area contributed by atoms with Gasteiger partial charge in [0.25, 0.3) is 0 Å². The molecule has 8 fully saturated rings. The van der Waals surface area contributed by atoms with Gasteiger partial charge in [0.05, 0.1) is 61.9 Å². The van der Waals surface area contributed by atoms with Gasteiger partial charge in [-0.15, -0.1) is 0 Å². The Morgan fingerprint density at radius 3 is 1.72 bits per heavy atom. The first-order valence-corrected chi connectivity index (χ1v) is 27.5. The van der Waals surface area contributed by atoms with Crippen LogP contribution in [0.2, 0.25) is 0 Å². The molecule has 5 aliphatic carbocycles. The van der Waals surface area contributed by atoms with E-state index in [0.29, 0.717) is 32.1 Å². The fraction of sp³-hybridized carbons (Fsp3) is 0.943. The van der Waals surface area contributed by atoms with Crippen molar-refractivity contribution in [3.63, 3.8) is 0 Å². The highest BCUT2D eigenvalue weighted by atomic mass is 16.8. The maximum Gasteiger partial charge on any atom is 0.335 e. The highest BCUT2D eigenvalue weighted by Crippen LogP contribution is 2.76. The zero-order chi connectivity index (χ0) is 57.5. The van der Waals surface area contributed by atoms with E-state index in [0.717, 1.165) is 5.57 Å². The zero-order valence-corrected chi connectivity index (χ0v) is 45.4. The summed E-state index contributed by atoms with van der Waals surface area (Å²) in [7, 11) is 0. The van der Waals surface area contributed by atoms with Crippen molar-refractivity contribution < 1.29 is 124 Å². The number of hydrogen-bond acceptors (Lipinski definition) is 24. The van der Waals surface area contributed by atoms with E-state index in [-0.39, 0.29) is 18.3 Å². The molecule has 4 saturated carbocycles. The molecule has 448 valence electrons. The van der Waals surface area contributed by atoms with E-state index in [4.69, 9.17) is 37.9 Å². The molecule has 3 unspecified atom stereocenters. The monoisotopic (exact) mass is 1120 g/mol. The minimum Gasteiger partial charge on any atom is -0.479 e. The fourth-order valence-electron chi connectivity index (χ4n) is 16.8. The molecule has 0 amide bonds. The lowest BCUT2D eigenvalue weighted by Crippen LogP contribution is -2.76. The number of aliphatic carboxylic acids is 1. The van der Waals surface area contributed by atoms with E-state index >= 15 is 0 Å². The lowest BCUT2D eigenvalue weighted by atomic mass is 9.32. The summed E-state index contributed by atoms with van der Waals surface area (Å²) in [5, 5.41) is 177. The molecule has 78 heavy (non-hydrogen) atoms. The SMILES string of the molecule is C[C@@H]1O[C@@H](O[C@H]2[C@@H](O)[C@@]3(CO)C(CC2(C)C)C2=CCC4[C@@]5(C)CC[C@H](O[C@H]6O[C@H](C(=O)O)[C@@H](O)[C@H](O[C@H]7O[C@H](CO)[C@@H](O)[C@@H]7O)[C@H]6O[C@@H]6O[C@H](CO)[C@H](O)[C@H](O)[C@H]6O)C(C)(C)C5CC[C@@]4(C)[C@]2(C)[C@H](O)[C@@H]3O)[C@H](O)[C@H](O)[C@H]1O. The molecule has 4 aliphatic heterocycles. The van der Waals surface area contributed by atoms with Gasteiger partial charge in [-0.05, 0) is 84.9 Å². The Hall–Kier alpha value is -1.71. The molecule has 0 bridgehead atoms. The highest BCUT2D eigenvalue weighted by Gasteiger charge is 2.76. The molecule has 4 saturated heterocycles. The Labute approximate surface area is 452 Å². The van der Waals surface area contributed by atoms with Crippen molar-refractivity contribution in [2.75, 3.05) is 19.8 Å². The maximum absolute atomic E-state index is 12.8. The van der Waals surface area contributed by atoms with Crippen molar-refractivity contribution >= 4 is 5.97 Å². The molecule has 25 nitrogen and oxygen atoms in total. The molecule has 16 N–H and O–H groups in total. The number of aliphatic hydroxyl groups is 15. The van der Waals surface area contributed by atoms with Crippen LogP contribution in [0.1, 0.15) is 93.9 Å². The largest absolute Gasteiger partial charge is 0.479 e. The quantitative estimate of drug-likeness (QED) is 0.0656. The second-order valence-corrected chi connectivity index (χ2v) is 26.1. The first-order valence-electron chi connectivity index (χ1n) is 27.5. The van der Waals surface area contributed by atoms with Gasteiger partial charge >= 0.3 is 5.97 Å². The van der Waals surface area contributed by atoms with Gasteiger partial charge in [0.2, 0.25) is 0 Å². The Balaban J connectivity index is 1.01. The Kier molecular flexibility index (Phi) is 16.7. The lowest BCUT2D eigenvalue weighted by Gasteiger charge is -2.73. The van der Waals surface area contributed by atoms with Gasteiger partial charge in [-0.25, -0.2) is 4.79 Å². The Bertz CT molecular complexity index is 2180. The third kappa shape index (κ3) is 9.02. The standard InChI is InChI=1S/C53H86O25/c1-19-27(57)30(60)33(63)44(71-19)78-42-41(68)53(18-56)21(15-48(42,2)3)20-9-10-25-50(6)13-12-26(49(4,5)24(50)11-14-51(25,7)52(20,8)39(66)40(53)67)74-47-38(77-46-34(64)31(61)28(58)22(16-54)72-46)36(35(65)37(76-47)43(69)70)75-45-32(62)29(59)23(17-55)73-45/h9,19,21-42,44-47,54-68H,10-18H2,1-8H3,(H,69,70)/t19-,21?,22+,23+,24?,25?,26-,27-,28-,29+,30+,31-,32-,33+,34+,35-,36-,37-,38+,39+,40-,41+,42-,44-,45+,46-,47-,50-,51+,52-,53-/m0/s1. The van der Waals surface area contributed by atoms with Crippen LogP contribution < -0.4 is 0 Å². The summed E-state index contributed by atoms with van der Waals surface area (Å²) in [5.74, 6) is -2.65. The third-order valence-corrected chi connectivity index (χ3v) is 21.5. The number of allylic oxidation sites excluding steroid dienone is 1. The van der Waals surface area contributed by atoms with Crippen molar-refractivity contribution in [3.8, 4) is 0 Å². The second-order valence-electron chi connectivity index (χ2n) is 26.1. The summed E-state index contributed by atoms with van der Waals surface area (Å²) >= 11 is 0. The first-order chi connectivity index (χ1) is 36.3. The molecular formula is C53H86O25. The molecule has 0 aromatic rings. The van der Waals surface area contributed by atoms with Crippen LogP contribution >= 0.6 is 0 Å². The molecule has 0 aromatic carbocycles. The lowest BCUT2D eigenvalue weighted by molar-refractivity contribution is -0.386. The minimum absolute atomic E-state index is 0.152. The Morgan fingerprint density at radius 1 is 0.590 bits per heavy atom. The molecule has 4 heterocycles. The van der Waals surface area contributed by atoms with Crippen molar-refractivity contribution in [1.29, 1.82) is 0 Å². The van der Waals surface area contributed by atoms with Crippen molar-refractivity contribution in [2.24, 2.45) is 50.2 Å². The van der Waals surface area contributed by atoms with E-state index in [9.17, 15) is 86.5 Å². The van der Waals surface area contributed by atoms with Gasteiger partial charge in [-0.2, -0.15) is 0 Å². The molecule has 0 aromatic heterocycles. The van der Waals surface area contributed by atoms with Crippen molar-refractivity contribution in [1.82, 2.24) is 0 Å². The number of ether oxygens (including phenoxy) is 8. The summed E-state index contributed by atoms with van der Waals surface area (Å²) in [6, 6.07) is 0. The van der Waals surface area contributed by atoms with Crippen LogP contribution in [-0.2, 0) is 42.7 Å². The summed E-state index contributed by atoms with van der Waals surface area (Å²) in [6.45, 7) is 13.2. The van der Waals surface area contributed by atoms with Crippen molar-refractivity contribution in [2.45, 2.75) is 241 Å². The van der Waals surface area contributed by atoms with Crippen molar-refractivity contribution in [3.05, 3.63) is 11.6 Å². The van der Waals surface area contributed by atoms with Gasteiger partial charge in [0.15, 0.2) is 31.3 Å². The molecule has 25 heteroatoms. The number of carbonyl (C=O) groups is 1. The number of carboxylic acid groups (broad SMARTS) is 1. The van der Waals surface area contributed by atoms with E-state index in [1.54, 1.807) is 0 Å². The molecule has 0 spiro atoms. The predicted octanol–water partition coefficient (Wildman–Crippen LogP) is -3.92. The number of carboxylic acids is 1. The van der Waals surface area contributed by atoms with E-state index in [1.807, 2.05) is 34.6 Å². The normalized spacial score (nSPS) is 55.7.